The second-order valence-electron chi connectivity index (χ2n) is 4.97. The summed E-state index contributed by atoms with van der Waals surface area (Å²) in [5.41, 5.74) is 4.81. The summed E-state index contributed by atoms with van der Waals surface area (Å²) in [6, 6.07) is 13.8. The summed E-state index contributed by atoms with van der Waals surface area (Å²) in [5, 5.41) is 7.11. The minimum absolute atomic E-state index is 0.0898. The molecule has 0 saturated heterocycles. The van der Waals surface area contributed by atoms with E-state index in [4.69, 9.17) is 0 Å². The third-order valence-corrected chi connectivity index (χ3v) is 4.26. The van der Waals surface area contributed by atoms with Crippen molar-refractivity contribution >= 4 is 22.9 Å². The fourth-order valence-corrected chi connectivity index (χ4v) is 2.91. The number of thiophene rings is 1. The number of rotatable bonds is 3. The number of anilines is 1. The monoisotopic (exact) mass is 296 g/mol. The van der Waals surface area contributed by atoms with E-state index < -0.39 is 0 Å². The summed E-state index contributed by atoms with van der Waals surface area (Å²) in [4.78, 5) is 12.3. The summed E-state index contributed by atoms with van der Waals surface area (Å²) in [7, 11) is 1.89. The molecule has 0 aliphatic rings. The molecule has 106 valence electrons. The number of benzene rings is 1. The second kappa shape index (κ2) is 5.58. The van der Waals surface area contributed by atoms with Crippen LogP contribution in [-0.4, -0.2) is 10.5 Å². The van der Waals surface area contributed by atoms with Gasteiger partial charge in [-0.05, 0) is 59.1 Å². The molecule has 2 heterocycles. The van der Waals surface area contributed by atoms with Gasteiger partial charge in [0.25, 0.3) is 5.91 Å². The number of nitrogens with zero attached hydrogens (tertiary/aromatic N) is 1. The average Bonchev–Trinajstić information content (AvgIpc) is 3.11. The van der Waals surface area contributed by atoms with Crippen molar-refractivity contribution in [1.29, 1.82) is 0 Å². The van der Waals surface area contributed by atoms with Gasteiger partial charge in [-0.1, -0.05) is 12.1 Å². The predicted molar refractivity (Wildman–Crippen MR) is 87.9 cm³/mol. The fraction of sp³-hybridized carbons (Fsp3) is 0.118. The standard InChI is InChI=1S/C17H16N2OS/c1-12-6-7-16(19(12)2)17(20)18-15-5-3-4-13(10-15)14-8-9-21-11-14/h3-11H,1-2H3,(H,18,20). The molecule has 1 N–H and O–H groups in total. The Balaban J connectivity index is 1.84. The number of aromatic nitrogens is 1. The lowest BCUT2D eigenvalue weighted by Crippen LogP contribution is -2.15. The van der Waals surface area contributed by atoms with E-state index in [9.17, 15) is 4.79 Å². The Morgan fingerprint density at radius 2 is 2.00 bits per heavy atom. The SMILES string of the molecule is Cc1ccc(C(=O)Nc2cccc(-c3ccsc3)c2)n1C. The second-order valence-corrected chi connectivity index (χ2v) is 5.75. The van der Waals surface area contributed by atoms with Crippen molar-refractivity contribution in [2.24, 2.45) is 7.05 Å². The number of hydrogen-bond acceptors (Lipinski definition) is 2. The van der Waals surface area contributed by atoms with Gasteiger partial charge in [0.15, 0.2) is 0 Å². The molecule has 4 heteroatoms. The average molecular weight is 296 g/mol. The zero-order chi connectivity index (χ0) is 14.8. The topological polar surface area (TPSA) is 34.0 Å². The van der Waals surface area contributed by atoms with Crippen molar-refractivity contribution < 1.29 is 4.79 Å². The maximum absolute atomic E-state index is 12.3. The van der Waals surface area contributed by atoms with Crippen LogP contribution in [0.3, 0.4) is 0 Å². The van der Waals surface area contributed by atoms with Crippen molar-refractivity contribution in [2.75, 3.05) is 5.32 Å². The zero-order valence-electron chi connectivity index (χ0n) is 12.0. The molecule has 3 rings (SSSR count). The van der Waals surface area contributed by atoms with Gasteiger partial charge < -0.3 is 9.88 Å². The van der Waals surface area contributed by atoms with E-state index in [1.807, 2.05) is 60.3 Å². The molecule has 0 radical (unpaired) electrons. The molecule has 0 saturated carbocycles. The predicted octanol–water partition coefficient (Wildman–Crippen LogP) is 4.31. The van der Waals surface area contributed by atoms with Gasteiger partial charge >= 0.3 is 0 Å². The summed E-state index contributed by atoms with van der Waals surface area (Å²) < 4.78 is 1.89. The third kappa shape index (κ3) is 2.76. The molecule has 0 aliphatic heterocycles. The lowest BCUT2D eigenvalue weighted by molar-refractivity contribution is 0.101. The van der Waals surface area contributed by atoms with Crippen LogP contribution in [0.4, 0.5) is 5.69 Å². The van der Waals surface area contributed by atoms with Crippen molar-refractivity contribution in [1.82, 2.24) is 4.57 Å². The van der Waals surface area contributed by atoms with Gasteiger partial charge in [0.1, 0.15) is 5.69 Å². The van der Waals surface area contributed by atoms with Crippen LogP contribution in [0.1, 0.15) is 16.2 Å². The van der Waals surface area contributed by atoms with E-state index in [0.717, 1.165) is 16.9 Å². The maximum Gasteiger partial charge on any atom is 0.272 e. The van der Waals surface area contributed by atoms with Gasteiger partial charge in [-0.3, -0.25) is 4.79 Å². The first-order valence-electron chi connectivity index (χ1n) is 6.71. The number of nitrogens with one attached hydrogen (secondary N) is 1. The van der Waals surface area contributed by atoms with Crippen LogP contribution in [0.2, 0.25) is 0 Å². The quantitative estimate of drug-likeness (QED) is 0.767. The van der Waals surface area contributed by atoms with Gasteiger partial charge in [-0.25, -0.2) is 0 Å². The van der Waals surface area contributed by atoms with E-state index in [0.29, 0.717) is 5.69 Å². The molecule has 1 aromatic carbocycles. The minimum atomic E-state index is -0.0898. The lowest BCUT2D eigenvalue weighted by atomic mass is 10.1. The van der Waals surface area contributed by atoms with Crippen LogP contribution in [0.25, 0.3) is 11.1 Å². The molecule has 0 fully saturated rings. The summed E-state index contributed by atoms with van der Waals surface area (Å²) >= 11 is 1.67. The number of carbonyl (C=O) groups is 1. The Kier molecular flexibility index (Phi) is 3.62. The summed E-state index contributed by atoms with van der Waals surface area (Å²) in [6.07, 6.45) is 0. The molecular formula is C17H16N2OS. The normalized spacial score (nSPS) is 10.6. The first-order chi connectivity index (χ1) is 10.1. The molecule has 3 aromatic rings. The summed E-state index contributed by atoms with van der Waals surface area (Å²) in [6.45, 7) is 1.98. The van der Waals surface area contributed by atoms with Crippen molar-refractivity contribution in [2.45, 2.75) is 6.92 Å². The Morgan fingerprint density at radius 1 is 1.14 bits per heavy atom. The van der Waals surface area contributed by atoms with E-state index >= 15 is 0 Å². The first kappa shape index (κ1) is 13.6. The van der Waals surface area contributed by atoms with Crippen LogP contribution in [0.5, 0.6) is 0 Å². The van der Waals surface area contributed by atoms with Crippen molar-refractivity contribution in [3.8, 4) is 11.1 Å². The highest BCUT2D eigenvalue weighted by molar-refractivity contribution is 7.08. The molecule has 0 atom stereocenters. The van der Waals surface area contributed by atoms with Crippen LogP contribution in [0, 0.1) is 6.92 Å². The molecule has 3 nitrogen and oxygen atoms in total. The smallest absolute Gasteiger partial charge is 0.272 e. The molecule has 0 aliphatic carbocycles. The number of amides is 1. The van der Waals surface area contributed by atoms with Crippen LogP contribution in [0.15, 0.2) is 53.2 Å². The largest absolute Gasteiger partial charge is 0.344 e. The van der Waals surface area contributed by atoms with Crippen molar-refractivity contribution in [3.05, 3.63) is 64.6 Å². The third-order valence-electron chi connectivity index (χ3n) is 3.58. The highest BCUT2D eigenvalue weighted by atomic mass is 32.1. The van der Waals surface area contributed by atoms with Crippen LogP contribution >= 0.6 is 11.3 Å². The maximum atomic E-state index is 12.3. The molecule has 0 unspecified atom stereocenters. The molecule has 1 amide bonds. The van der Waals surface area contributed by atoms with Crippen molar-refractivity contribution in [3.63, 3.8) is 0 Å². The Hall–Kier alpha value is -2.33. The number of hydrogen-bond donors (Lipinski definition) is 1. The summed E-state index contributed by atoms with van der Waals surface area (Å²) in [5.74, 6) is -0.0898. The minimum Gasteiger partial charge on any atom is -0.344 e. The Labute approximate surface area is 127 Å². The lowest BCUT2D eigenvalue weighted by Gasteiger charge is -2.08. The molecule has 0 spiro atoms. The van der Waals surface area contributed by atoms with E-state index in [-0.39, 0.29) is 5.91 Å². The van der Waals surface area contributed by atoms with E-state index in [1.54, 1.807) is 11.3 Å². The first-order valence-corrected chi connectivity index (χ1v) is 7.66. The Bertz CT molecular complexity index is 772. The van der Waals surface area contributed by atoms with Crippen LogP contribution in [-0.2, 0) is 7.05 Å². The van der Waals surface area contributed by atoms with Gasteiger partial charge in [0, 0.05) is 18.4 Å². The Morgan fingerprint density at radius 3 is 2.67 bits per heavy atom. The highest BCUT2D eigenvalue weighted by Gasteiger charge is 2.11. The number of aryl methyl sites for hydroxylation is 1. The van der Waals surface area contributed by atoms with Gasteiger partial charge in [-0.15, -0.1) is 0 Å². The highest BCUT2D eigenvalue weighted by Crippen LogP contribution is 2.25. The zero-order valence-corrected chi connectivity index (χ0v) is 12.8. The van der Waals surface area contributed by atoms with Gasteiger partial charge in [0.2, 0.25) is 0 Å². The molecule has 0 bridgehead atoms. The fourth-order valence-electron chi connectivity index (χ4n) is 2.24. The molecular weight excluding hydrogens is 280 g/mol. The molecule has 21 heavy (non-hydrogen) atoms. The molecule has 2 aromatic heterocycles. The van der Waals surface area contributed by atoms with Gasteiger partial charge in [0.05, 0.1) is 0 Å². The number of carbonyl (C=O) groups excluding carboxylic acids is 1. The van der Waals surface area contributed by atoms with E-state index in [1.165, 1.54) is 5.56 Å². The van der Waals surface area contributed by atoms with E-state index in [2.05, 4.69) is 16.8 Å². The van der Waals surface area contributed by atoms with Gasteiger partial charge in [-0.2, -0.15) is 11.3 Å². The van der Waals surface area contributed by atoms with Crippen LogP contribution < -0.4 is 5.32 Å².